The lowest BCUT2D eigenvalue weighted by atomic mass is 10.0. The van der Waals surface area contributed by atoms with E-state index in [0.717, 1.165) is 12.1 Å². The summed E-state index contributed by atoms with van der Waals surface area (Å²) in [6.07, 6.45) is -1.29. The highest BCUT2D eigenvalue weighted by atomic mass is 19.1. The van der Waals surface area contributed by atoms with Gasteiger partial charge in [0.25, 0.3) is 0 Å². The lowest BCUT2D eigenvalue weighted by molar-refractivity contribution is -0.147. The van der Waals surface area contributed by atoms with Crippen LogP contribution in [0.25, 0.3) is 11.1 Å². The average molecular weight is 459 g/mol. The Morgan fingerprint density at radius 2 is 1.79 bits per heavy atom. The molecule has 0 aliphatic rings. The number of nitrogens with one attached hydrogen (secondary N) is 1. The van der Waals surface area contributed by atoms with E-state index in [9.17, 15) is 23.1 Å². The minimum absolute atomic E-state index is 0.0172. The van der Waals surface area contributed by atoms with Crippen molar-refractivity contribution in [2.45, 2.75) is 26.5 Å². The lowest BCUT2D eigenvalue weighted by Crippen LogP contribution is -2.32. The van der Waals surface area contributed by atoms with Crippen molar-refractivity contribution in [3.05, 3.63) is 77.6 Å². The molecular weight excluding hydrogens is 435 g/mol. The van der Waals surface area contributed by atoms with E-state index < -0.39 is 41.1 Å². The Morgan fingerprint density at radius 3 is 2.42 bits per heavy atom. The Balaban J connectivity index is 1.87. The second-order valence-electron chi connectivity index (χ2n) is 7.79. The molecule has 0 saturated carbocycles. The Morgan fingerprint density at radius 1 is 1.03 bits per heavy atom. The van der Waals surface area contributed by atoms with Crippen LogP contribution in [-0.4, -0.2) is 24.3 Å². The van der Waals surface area contributed by atoms with Crippen molar-refractivity contribution < 1.29 is 32.5 Å². The minimum atomic E-state index is -1.29. The number of halogens is 3. The molecule has 1 atom stereocenters. The number of anilines is 1. The van der Waals surface area contributed by atoms with Gasteiger partial charge in [-0.15, -0.1) is 0 Å². The van der Waals surface area contributed by atoms with Crippen LogP contribution in [0.15, 0.2) is 54.6 Å². The van der Waals surface area contributed by atoms with Crippen LogP contribution in [0.4, 0.5) is 18.9 Å². The highest BCUT2D eigenvalue weighted by molar-refractivity contribution is 5.73. The van der Waals surface area contributed by atoms with Crippen LogP contribution in [0, 0.1) is 23.4 Å². The third-order valence-corrected chi connectivity index (χ3v) is 4.99. The smallest absolute Gasteiger partial charge is 0.345 e. The number of benzene rings is 3. The third-order valence-electron chi connectivity index (χ3n) is 4.99. The van der Waals surface area contributed by atoms with E-state index in [4.69, 9.17) is 9.47 Å². The Bertz CT molecular complexity index is 1150. The van der Waals surface area contributed by atoms with E-state index in [1.165, 1.54) is 19.2 Å². The summed E-state index contributed by atoms with van der Waals surface area (Å²) in [6, 6.07) is 13.3. The summed E-state index contributed by atoms with van der Waals surface area (Å²) in [6.45, 7) is 3.26. The van der Waals surface area contributed by atoms with E-state index in [1.807, 2.05) is 0 Å². The van der Waals surface area contributed by atoms with Crippen LogP contribution in [0.3, 0.4) is 0 Å². The van der Waals surface area contributed by atoms with E-state index in [2.05, 4.69) is 5.32 Å². The molecule has 0 heterocycles. The minimum Gasteiger partial charge on any atom is -0.497 e. The first kappa shape index (κ1) is 24.0. The molecular formula is C25H24F3NO4. The van der Waals surface area contributed by atoms with Crippen LogP contribution in [0.2, 0.25) is 0 Å². The summed E-state index contributed by atoms with van der Waals surface area (Å²) in [5.41, 5.74) is 1.47. The van der Waals surface area contributed by atoms with Gasteiger partial charge in [-0.1, -0.05) is 26.0 Å². The van der Waals surface area contributed by atoms with E-state index >= 15 is 0 Å². The molecule has 1 unspecified atom stereocenters. The highest BCUT2D eigenvalue weighted by Crippen LogP contribution is 2.31. The molecule has 0 aromatic heterocycles. The number of rotatable bonds is 9. The molecule has 0 bridgehead atoms. The number of hydrogen-bond donors (Lipinski definition) is 2. The van der Waals surface area contributed by atoms with Crippen molar-refractivity contribution in [3.8, 4) is 22.6 Å². The van der Waals surface area contributed by atoms with E-state index in [-0.39, 0.29) is 12.3 Å². The third kappa shape index (κ3) is 5.77. The molecule has 3 rings (SSSR count). The number of carbonyl (C=O) groups is 1. The maximum absolute atomic E-state index is 15.0. The van der Waals surface area contributed by atoms with E-state index in [0.29, 0.717) is 22.4 Å². The Hall–Kier alpha value is -3.68. The van der Waals surface area contributed by atoms with E-state index in [1.54, 1.807) is 44.2 Å². The SMILES string of the molecule is COc1cc(CNc2c(F)ccc(OC(C(=O)O)C(C)C)c2F)cc(-c2cccc(F)c2)c1. The molecule has 0 aliphatic heterocycles. The fourth-order valence-corrected chi connectivity index (χ4v) is 3.30. The average Bonchev–Trinajstić information content (AvgIpc) is 2.77. The van der Waals surface area contributed by atoms with Gasteiger partial charge in [0.2, 0.25) is 0 Å². The highest BCUT2D eigenvalue weighted by Gasteiger charge is 2.26. The van der Waals surface area contributed by atoms with Gasteiger partial charge >= 0.3 is 5.97 Å². The zero-order valence-electron chi connectivity index (χ0n) is 18.4. The molecule has 174 valence electrons. The van der Waals surface area contributed by atoms with Crippen molar-refractivity contribution in [2.24, 2.45) is 5.92 Å². The molecule has 5 nitrogen and oxygen atoms in total. The second-order valence-corrected chi connectivity index (χ2v) is 7.79. The number of carboxylic acid groups (broad SMARTS) is 1. The van der Waals surface area contributed by atoms with Gasteiger partial charge in [0.1, 0.15) is 23.1 Å². The molecule has 8 heteroatoms. The zero-order chi connectivity index (χ0) is 24.1. The fraction of sp³-hybridized carbons (Fsp3) is 0.240. The predicted molar refractivity (Wildman–Crippen MR) is 119 cm³/mol. The largest absolute Gasteiger partial charge is 0.497 e. The van der Waals surface area contributed by atoms with Gasteiger partial charge in [0.15, 0.2) is 17.7 Å². The van der Waals surface area contributed by atoms with Crippen LogP contribution < -0.4 is 14.8 Å². The van der Waals surface area contributed by atoms with Crippen molar-refractivity contribution in [2.75, 3.05) is 12.4 Å². The monoisotopic (exact) mass is 459 g/mol. The Labute approximate surface area is 189 Å². The molecule has 0 radical (unpaired) electrons. The van der Waals surface area contributed by atoms with Crippen molar-refractivity contribution in [1.82, 2.24) is 0 Å². The van der Waals surface area contributed by atoms with Crippen LogP contribution >= 0.6 is 0 Å². The topological polar surface area (TPSA) is 67.8 Å². The summed E-state index contributed by atoms with van der Waals surface area (Å²) in [7, 11) is 1.48. The van der Waals surface area contributed by atoms with Crippen LogP contribution in [-0.2, 0) is 11.3 Å². The zero-order valence-corrected chi connectivity index (χ0v) is 18.4. The van der Waals surface area contributed by atoms with Gasteiger partial charge in [-0.05, 0) is 59.2 Å². The first-order valence-electron chi connectivity index (χ1n) is 10.2. The number of carboxylic acids is 1. The molecule has 2 N–H and O–H groups in total. The van der Waals surface area contributed by atoms with Gasteiger partial charge in [-0.25, -0.2) is 18.0 Å². The number of methoxy groups -OCH3 is 1. The number of ether oxygens (including phenoxy) is 2. The van der Waals surface area contributed by atoms with Crippen molar-refractivity contribution >= 4 is 11.7 Å². The van der Waals surface area contributed by atoms with Gasteiger partial charge in [0, 0.05) is 12.5 Å². The summed E-state index contributed by atoms with van der Waals surface area (Å²) in [4.78, 5) is 11.4. The van der Waals surface area contributed by atoms with Gasteiger partial charge < -0.3 is 19.9 Å². The molecule has 0 spiro atoms. The Kier molecular flexibility index (Phi) is 7.48. The maximum atomic E-state index is 15.0. The first-order chi connectivity index (χ1) is 15.7. The standard InChI is InChI=1S/C25H24F3NO4/c1-14(2)24(25(30)31)33-21-8-7-20(27)23(22(21)28)29-13-15-9-17(12-19(10-15)32-3)16-5-4-6-18(26)11-16/h4-12,14,24,29H,13H2,1-3H3,(H,30,31). The van der Waals surface area contributed by atoms with Gasteiger partial charge in [-0.3, -0.25) is 0 Å². The summed E-state index contributed by atoms with van der Waals surface area (Å²) >= 11 is 0. The normalized spacial score (nSPS) is 11.8. The summed E-state index contributed by atoms with van der Waals surface area (Å²) in [5, 5.41) is 12.0. The number of hydrogen-bond acceptors (Lipinski definition) is 4. The summed E-state index contributed by atoms with van der Waals surface area (Å²) in [5.74, 6) is -3.83. The molecule has 0 aliphatic carbocycles. The molecule has 0 saturated heterocycles. The molecule has 3 aromatic rings. The van der Waals surface area contributed by atoms with Crippen LogP contribution in [0.1, 0.15) is 19.4 Å². The maximum Gasteiger partial charge on any atom is 0.345 e. The molecule has 3 aromatic carbocycles. The second kappa shape index (κ2) is 10.3. The molecule has 33 heavy (non-hydrogen) atoms. The molecule has 0 fully saturated rings. The fourth-order valence-electron chi connectivity index (χ4n) is 3.30. The van der Waals surface area contributed by atoms with Gasteiger partial charge in [0.05, 0.1) is 7.11 Å². The number of aliphatic carboxylic acids is 1. The summed E-state index contributed by atoms with van der Waals surface area (Å²) < 4.78 is 53.6. The predicted octanol–water partition coefficient (Wildman–Crippen LogP) is 5.88. The lowest BCUT2D eigenvalue weighted by Gasteiger charge is -2.20. The molecule has 0 amide bonds. The van der Waals surface area contributed by atoms with Crippen LogP contribution in [0.5, 0.6) is 11.5 Å². The van der Waals surface area contributed by atoms with Crippen molar-refractivity contribution in [3.63, 3.8) is 0 Å². The first-order valence-corrected chi connectivity index (χ1v) is 10.2. The quantitative estimate of drug-likeness (QED) is 0.418. The van der Waals surface area contributed by atoms with Gasteiger partial charge in [-0.2, -0.15) is 0 Å². The van der Waals surface area contributed by atoms with Crippen molar-refractivity contribution in [1.29, 1.82) is 0 Å².